The Balaban J connectivity index is 2.36. The van der Waals surface area contributed by atoms with Crippen molar-refractivity contribution in [1.82, 2.24) is 14.5 Å². The Hall–Kier alpha value is -1.86. The highest BCUT2D eigenvalue weighted by atomic mass is 35.5. The third-order valence-corrected chi connectivity index (χ3v) is 3.41. The average molecular weight is 314 g/mol. The zero-order valence-electron chi connectivity index (χ0n) is 10.8. The van der Waals surface area contributed by atoms with E-state index in [4.69, 9.17) is 11.6 Å². The van der Waals surface area contributed by atoms with Crippen molar-refractivity contribution in [2.24, 2.45) is 0 Å². The first kappa shape index (κ1) is 14.5. The number of halogens is 1. The van der Waals surface area contributed by atoms with Crippen LogP contribution in [0.5, 0.6) is 0 Å². The molecule has 0 saturated heterocycles. The van der Waals surface area contributed by atoms with Gasteiger partial charge in [-0.25, -0.2) is 17.8 Å². The fourth-order valence-electron chi connectivity index (χ4n) is 1.70. The molecule has 1 amide bonds. The minimum absolute atomic E-state index is 0.199. The van der Waals surface area contributed by atoms with Crippen LogP contribution in [0.4, 0.5) is 0 Å². The first-order valence-corrected chi connectivity index (χ1v) is 7.87. The molecular formula is C12H12ClN3O3S. The second-order valence-electron chi connectivity index (χ2n) is 4.24. The van der Waals surface area contributed by atoms with Crippen molar-refractivity contribution >= 4 is 27.5 Å². The molecule has 0 unspecified atom stereocenters. The van der Waals surface area contributed by atoms with Gasteiger partial charge in [-0.15, -0.1) is 0 Å². The van der Waals surface area contributed by atoms with Crippen molar-refractivity contribution in [2.75, 3.05) is 6.26 Å². The van der Waals surface area contributed by atoms with Crippen LogP contribution < -0.4 is 4.72 Å². The molecule has 1 aromatic heterocycles. The van der Waals surface area contributed by atoms with Gasteiger partial charge in [0.2, 0.25) is 10.0 Å². The maximum atomic E-state index is 11.8. The number of sulfonamides is 1. The highest BCUT2D eigenvalue weighted by Crippen LogP contribution is 2.16. The molecule has 1 heterocycles. The molecule has 0 fully saturated rings. The first-order valence-electron chi connectivity index (χ1n) is 5.60. The number of carbonyl (C=O) groups excluding carboxylic acids is 1. The zero-order chi connectivity index (χ0) is 14.9. The van der Waals surface area contributed by atoms with Gasteiger partial charge >= 0.3 is 0 Å². The molecular weight excluding hydrogens is 302 g/mol. The summed E-state index contributed by atoms with van der Waals surface area (Å²) >= 11 is 5.81. The van der Waals surface area contributed by atoms with Crippen molar-refractivity contribution in [3.63, 3.8) is 0 Å². The van der Waals surface area contributed by atoms with E-state index in [-0.39, 0.29) is 5.56 Å². The molecule has 1 N–H and O–H groups in total. The largest absolute Gasteiger partial charge is 0.268 e. The van der Waals surface area contributed by atoms with Crippen LogP contribution in [0.1, 0.15) is 16.1 Å². The Labute approximate surface area is 121 Å². The van der Waals surface area contributed by atoms with Gasteiger partial charge in [-0.1, -0.05) is 11.6 Å². The van der Waals surface area contributed by atoms with Crippen molar-refractivity contribution in [3.8, 4) is 5.69 Å². The number of rotatable bonds is 3. The predicted molar refractivity (Wildman–Crippen MR) is 75.6 cm³/mol. The van der Waals surface area contributed by atoms with Crippen molar-refractivity contribution in [3.05, 3.63) is 46.7 Å². The predicted octanol–water partition coefficient (Wildman–Crippen LogP) is 1.52. The SMILES string of the molecule is Cc1c(C(=O)NS(C)(=O)=O)cnn1-c1ccc(Cl)cc1. The summed E-state index contributed by atoms with van der Waals surface area (Å²) < 4.78 is 25.6. The topological polar surface area (TPSA) is 81.1 Å². The lowest BCUT2D eigenvalue weighted by atomic mass is 10.2. The van der Waals surface area contributed by atoms with Gasteiger partial charge in [-0.2, -0.15) is 5.10 Å². The number of amides is 1. The molecule has 0 spiro atoms. The molecule has 2 aromatic rings. The maximum absolute atomic E-state index is 11.8. The summed E-state index contributed by atoms with van der Waals surface area (Å²) in [5.74, 6) is -0.704. The third-order valence-electron chi connectivity index (χ3n) is 2.60. The molecule has 2 rings (SSSR count). The molecule has 6 nitrogen and oxygen atoms in total. The van der Waals surface area contributed by atoms with Gasteiger partial charge in [0, 0.05) is 5.02 Å². The van der Waals surface area contributed by atoms with Gasteiger partial charge in [0.15, 0.2) is 0 Å². The highest BCUT2D eigenvalue weighted by Gasteiger charge is 2.17. The van der Waals surface area contributed by atoms with Crippen LogP contribution in [0.15, 0.2) is 30.5 Å². The van der Waals surface area contributed by atoms with Crippen LogP contribution in [-0.4, -0.2) is 30.4 Å². The van der Waals surface area contributed by atoms with E-state index in [2.05, 4.69) is 5.10 Å². The van der Waals surface area contributed by atoms with E-state index in [1.807, 2.05) is 4.72 Å². The van der Waals surface area contributed by atoms with Crippen molar-refractivity contribution < 1.29 is 13.2 Å². The number of hydrogen-bond donors (Lipinski definition) is 1. The van der Waals surface area contributed by atoms with Crippen LogP contribution in [0.3, 0.4) is 0 Å². The molecule has 106 valence electrons. The standard InChI is InChI=1S/C12H12ClN3O3S/c1-8-11(12(17)15-20(2,18)19)7-14-16(8)10-5-3-9(13)4-6-10/h3-7H,1-2H3,(H,15,17). The van der Waals surface area contributed by atoms with Gasteiger partial charge in [0.25, 0.3) is 5.91 Å². The molecule has 0 bridgehead atoms. The van der Waals surface area contributed by atoms with E-state index in [0.29, 0.717) is 10.7 Å². The second-order valence-corrected chi connectivity index (χ2v) is 6.42. The third kappa shape index (κ3) is 3.17. The quantitative estimate of drug-likeness (QED) is 0.931. The number of hydrogen-bond acceptors (Lipinski definition) is 4. The molecule has 0 aliphatic rings. The van der Waals surface area contributed by atoms with E-state index in [0.717, 1.165) is 11.9 Å². The lowest BCUT2D eigenvalue weighted by molar-refractivity contribution is 0.0981. The number of nitrogens with zero attached hydrogens (tertiary/aromatic N) is 2. The Bertz CT molecular complexity index is 751. The van der Waals surface area contributed by atoms with Crippen LogP contribution in [0.2, 0.25) is 5.02 Å². The molecule has 0 radical (unpaired) electrons. The summed E-state index contributed by atoms with van der Waals surface area (Å²) in [4.78, 5) is 11.8. The van der Waals surface area contributed by atoms with Gasteiger partial charge < -0.3 is 0 Å². The van der Waals surface area contributed by atoms with Crippen LogP contribution in [-0.2, 0) is 10.0 Å². The molecule has 20 heavy (non-hydrogen) atoms. The smallest absolute Gasteiger partial charge is 0.268 e. The minimum atomic E-state index is -3.60. The van der Waals surface area contributed by atoms with Crippen LogP contribution >= 0.6 is 11.6 Å². The van der Waals surface area contributed by atoms with Gasteiger partial charge in [0.05, 0.1) is 29.4 Å². The Kier molecular flexibility index (Phi) is 3.82. The normalized spacial score (nSPS) is 11.3. The second kappa shape index (κ2) is 5.26. The maximum Gasteiger partial charge on any atom is 0.268 e. The van der Waals surface area contributed by atoms with Crippen molar-refractivity contribution in [1.29, 1.82) is 0 Å². The molecule has 0 aliphatic carbocycles. The summed E-state index contributed by atoms with van der Waals surface area (Å²) in [7, 11) is -3.60. The van der Waals surface area contributed by atoms with E-state index < -0.39 is 15.9 Å². The number of aromatic nitrogens is 2. The monoisotopic (exact) mass is 313 g/mol. The highest BCUT2D eigenvalue weighted by molar-refractivity contribution is 7.89. The van der Waals surface area contributed by atoms with Crippen molar-refractivity contribution in [2.45, 2.75) is 6.92 Å². The van der Waals surface area contributed by atoms with E-state index >= 15 is 0 Å². The molecule has 8 heteroatoms. The summed E-state index contributed by atoms with van der Waals surface area (Å²) in [5.41, 5.74) is 1.46. The summed E-state index contributed by atoms with van der Waals surface area (Å²) in [5, 5.41) is 4.68. The first-order chi connectivity index (χ1) is 9.28. The van der Waals surface area contributed by atoms with Crippen LogP contribution in [0.25, 0.3) is 5.69 Å². The van der Waals surface area contributed by atoms with E-state index in [9.17, 15) is 13.2 Å². The van der Waals surface area contributed by atoms with E-state index in [1.165, 1.54) is 10.9 Å². The fraction of sp³-hybridized carbons (Fsp3) is 0.167. The number of carbonyl (C=O) groups is 1. The summed E-state index contributed by atoms with van der Waals surface area (Å²) in [6.07, 6.45) is 2.24. The number of benzene rings is 1. The van der Waals surface area contributed by atoms with Gasteiger partial charge in [0.1, 0.15) is 0 Å². The Morgan fingerprint density at radius 2 is 1.90 bits per heavy atom. The summed E-state index contributed by atoms with van der Waals surface area (Å²) in [6, 6.07) is 6.91. The molecule has 0 saturated carbocycles. The molecule has 1 aromatic carbocycles. The lowest BCUT2D eigenvalue weighted by Crippen LogP contribution is -2.29. The van der Waals surface area contributed by atoms with E-state index in [1.54, 1.807) is 31.2 Å². The van der Waals surface area contributed by atoms with Gasteiger partial charge in [-0.3, -0.25) is 4.79 Å². The number of nitrogens with one attached hydrogen (secondary N) is 1. The zero-order valence-corrected chi connectivity index (χ0v) is 12.4. The average Bonchev–Trinajstić information content (AvgIpc) is 2.70. The minimum Gasteiger partial charge on any atom is -0.268 e. The Morgan fingerprint density at radius 3 is 2.45 bits per heavy atom. The van der Waals surface area contributed by atoms with Gasteiger partial charge in [-0.05, 0) is 31.2 Å². The lowest BCUT2D eigenvalue weighted by Gasteiger charge is -2.05. The Morgan fingerprint density at radius 1 is 1.30 bits per heavy atom. The fourth-order valence-corrected chi connectivity index (χ4v) is 2.27. The molecule has 0 aliphatic heterocycles. The molecule has 0 atom stereocenters. The summed E-state index contributed by atoms with van der Waals surface area (Å²) in [6.45, 7) is 1.68. The van der Waals surface area contributed by atoms with Crippen LogP contribution in [0, 0.1) is 6.92 Å².